The van der Waals surface area contributed by atoms with Gasteiger partial charge in [-0.3, -0.25) is 19.7 Å². The van der Waals surface area contributed by atoms with E-state index < -0.39 is 16.5 Å². The molecule has 0 amide bonds. The summed E-state index contributed by atoms with van der Waals surface area (Å²) in [5, 5.41) is 17.1. The van der Waals surface area contributed by atoms with E-state index in [-0.39, 0.29) is 28.6 Å². The Morgan fingerprint density at radius 3 is 2.75 bits per heavy atom. The number of para-hydroxylation sites is 1. The second-order valence-electron chi connectivity index (χ2n) is 7.68. The molecule has 0 radical (unpaired) electrons. The van der Waals surface area contributed by atoms with Gasteiger partial charge in [-0.15, -0.1) is 0 Å². The van der Waals surface area contributed by atoms with E-state index >= 15 is 0 Å². The Balaban J connectivity index is 1.72. The van der Waals surface area contributed by atoms with E-state index in [9.17, 15) is 19.7 Å². The molecule has 0 saturated heterocycles. The van der Waals surface area contributed by atoms with Crippen LogP contribution in [0.15, 0.2) is 81.0 Å². The zero-order valence-corrected chi connectivity index (χ0v) is 19.3. The van der Waals surface area contributed by atoms with Crippen molar-refractivity contribution in [3.8, 4) is 17.3 Å². The topological polar surface area (TPSA) is 130 Å². The van der Waals surface area contributed by atoms with Crippen molar-refractivity contribution in [1.82, 2.24) is 9.66 Å². The Morgan fingerprint density at radius 2 is 1.97 bits per heavy atom. The van der Waals surface area contributed by atoms with Gasteiger partial charge in [0.15, 0.2) is 5.76 Å². The number of carbonyl (C=O) groups excluding carboxylic acids is 1. The molecule has 0 aliphatic carbocycles. The van der Waals surface area contributed by atoms with Gasteiger partial charge >= 0.3 is 5.97 Å². The van der Waals surface area contributed by atoms with Crippen molar-refractivity contribution in [3.05, 3.63) is 97.8 Å². The number of nitro groups is 1. The van der Waals surface area contributed by atoms with Gasteiger partial charge in [0.1, 0.15) is 11.3 Å². The largest absolute Gasteiger partial charge is 0.453 e. The van der Waals surface area contributed by atoms with Gasteiger partial charge in [-0.05, 0) is 42.5 Å². The summed E-state index contributed by atoms with van der Waals surface area (Å²) in [6.45, 7) is 1.20. The summed E-state index contributed by atoms with van der Waals surface area (Å²) in [5.41, 5.74) is 0.332. The number of non-ortho nitro benzene ring substituents is 1. The molecule has 36 heavy (non-hydrogen) atoms. The molecule has 178 valence electrons. The minimum Gasteiger partial charge on any atom is -0.453 e. The van der Waals surface area contributed by atoms with Crippen LogP contribution in [0.1, 0.15) is 12.5 Å². The number of hydrogen-bond acceptors (Lipinski definition) is 8. The lowest BCUT2D eigenvalue weighted by Gasteiger charge is -2.08. The summed E-state index contributed by atoms with van der Waals surface area (Å²) in [4.78, 5) is 40.2. The van der Waals surface area contributed by atoms with Crippen LogP contribution >= 0.6 is 11.6 Å². The van der Waals surface area contributed by atoms with Crippen molar-refractivity contribution in [2.75, 3.05) is 0 Å². The van der Waals surface area contributed by atoms with Crippen molar-refractivity contribution >= 4 is 51.3 Å². The first kappa shape index (κ1) is 22.9. The Hall–Kier alpha value is -4.83. The Labute approximate surface area is 207 Å². The molecule has 0 aliphatic rings. The van der Waals surface area contributed by atoms with Crippen LogP contribution in [0.2, 0.25) is 5.02 Å². The fraction of sp³-hybridized carbons (Fsp3) is 0.0400. The number of ether oxygens (including phenoxy) is 1. The molecule has 11 heteroatoms. The summed E-state index contributed by atoms with van der Waals surface area (Å²) in [6.07, 6.45) is 1.19. The average Bonchev–Trinajstić information content (AvgIpc) is 3.26. The lowest BCUT2D eigenvalue weighted by Crippen LogP contribution is -2.20. The molecule has 5 rings (SSSR count). The van der Waals surface area contributed by atoms with Gasteiger partial charge in [0.25, 0.3) is 11.2 Å². The molecule has 0 N–H and O–H groups in total. The Bertz CT molecular complexity index is 1770. The molecular formula is C25H15ClN4O6. The second kappa shape index (κ2) is 9.08. The van der Waals surface area contributed by atoms with Crippen LogP contribution in [-0.4, -0.2) is 26.8 Å². The summed E-state index contributed by atoms with van der Waals surface area (Å²) in [5.74, 6) is -0.225. The third-order valence-electron chi connectivity index (χ3n) is 5.22. The number of halogens is 1. The normalized spacial score (nSPS) is 11.4. The van der Waals surface area contributed by atoms with Gasteiger partial charge in [0, 0.05) is 35.0 Å². The monoisotopic (exact) mass is 502 g/mol. The number of carbonyl (C=O) groups is 1. The molecule has 0 atom stereocenters. The highest BCUT2D eigenvalue weighted by molar-refractivity contribution is 6.31. The lowest BCUT2D eigenvalue weighted by atomic mass is 10.2. The van der Waals surface area contributed by atoms with Crippen molar-refractivity contribution in [3.63, 3.8) is 0 Å². The molecule has 3 aromatic carbocycles. The fourth-order valence-electron chi connectivity index (χ4n) is 3.63. The molecule has 2 heterocycles. The maximum absolute atomic E-state index is 13.4. The van der Waals surface area contributed by atoms with Gasteiger partial charge in [-0.1, -0.05) is 23.7 Å². The zero-order chi connectivity index (χ0) is 25.4. The van der Waals surface area contributed by atoms with E-state index in [2.05, 4.69) is 10.1 Å². The first-order valence-electron chi connectivity index (χ1n) is 10.5. The highest BCUT2D eigenvalue weighted by atomic mass is 35.5. The third-order valence-corrected chi connectivity index (χ3v) is 5.46. The Kier molecular flexibility index (Phi) is 5.79. The highest BCUT2D eigenvalue weighted by Crippen LogP contribution is 2.29. The standard InChI is InChI=1S/C25H15ClN4O6/c1-14(31)35-22-9-7-18(30(33)34)11-16(22)13-27-29-24(28-20-5-3-2-4-19(20)25(29)32)23-12-15-10-17(26)6-8-21(15)36-23/h2-13H,1H3. The van der Waals surface area contributed by atoms with Crippen LogP contribution in [0.4, 0.5) is 5.69 Å². The molecule has 0 unspecified atom stereocenters. The summed E-state index contributed by atoms with van der Waals surface area (Å²) < 4.78 is 12.1. The van der Waals surface area contributed by atoms with Crippen LogP contribution < -0.4 is 10.3 Å². The molecular weight excluding hydrogens is 488 g/mol. The van der Waals surface area contributed by atoms with Gasteiger partial charge in [-0.25, -0.2) is 4.98 Å². The van der Waals surface area contributed by atoms with Crippen molar-refractivity contribution < 1.29 is 18.9 Å². The summed E-state index contributed by atoms with van der Waals surface area (Å²) >= 11 is 6.09. The maximum atomic E-state index is 13.4. The maximum Gasteiger partial charge on any atom is 0.308 e. The molecule has 0 saturated carbocycles. The molecule has 2 aromatic heterocycles. The van der Waals surface area contributed by atoms with Gasteiger partial charge < -0.3 is 9.15 Å². The number of aromatic nitrogens is 2. The van der Waals surface area contributed by atoms with Crippen LogP contribution in [0, 0.1) is 10.1 Å². The van der Waals surface area contributed by atoms with E-state index in [0.717, 1.165) is 4.68 Å². The van der Waals surface area contributed by atoms with E-state index in [1.807, 2.05) is 0 Å². The van der Waals surface area contributed by atoms with Crippen molar-refractivity contribution in [1.29, 1.82) is 0 Å². The van der Waals surface area contributed by atoms with E-state index in [1.54, 1.807) is 48.5 Å². The van der Waals surface area contributed by atoms with Crippen LogP contribution in [0.25, 0.3) is 33.5 Å². The number of hydrogen-bond donors (Lipinski definition) is 0. The number of esters is 1. The molecule has 10 nitrogen and oxygen atoms in total. The van der Waals surface area contributed by atoms with Crippen LogP contribution in [0.5, 0.6) is 5.75 Å². The minimum atomic E-state index is -0.621. The van der Waals surface area contributed by atoms with E-state index in [0.29, 0.717) is 26.9 Å². The SMILES string of the molecule is CC(=O)Oc1ccc([N+](=O)[O-])cc1C=Nn1c(-c2cc3cc(Cl)ccc3o2)nc2ccccc2c1=O. The second-order valence-corrected chi connectivity index (χ2v) is 8.12. The van der Waals surface area contributed by atoms with E-state index in [4.69, 9.17) is 20.8 Å². The quantitative estimate of drug-likeness (QED) is 0.106. The highest BCUT2D eigenvalue weighted by Gasteiger charge is 2.18. The number of rotatable bonds is 5. The smallest absolute Gasteiger partial charge is 0.308 e. The molecule has 0 aliphatic heterocycles. The number of nitro benzene ring substituents is 1. The van der Waals surface area contributed by atoms with Crippen molar-refractivity contribution in [2.45, 2.75) is 6.92 Å². The molecule has 0 spiro atoms. The predicted molar refractivity (Wildman–Crippen MR) is 134 cm³/mol. The first-order chi connectivity index (χ1) is 17.3. The predicted octanol–water partition coefficient (Wildman–Crippen LogP) is 5.18. The number of nitrogens with zero attached hydrogens (tertiary/aromatic N) is 4. The van der Waals surface area contributed by atoms with Crippen molar-refractivity contribution in [2.24, 2.45) is 5.10 Å². The first-order valence-corrected chi connectivity index (χ1v) is 10.9. The van der Waals surface area contributed by atoms with E-state index in [1.165, 1.54) is 31.3 Å². The minimum absolute atomic E-state index is 0.0403. The molecule has 0 bridgehead atoms. The number of benzene rings is 3. The summed E-state index contributed by atoms with van der Waals surface area (Å²) in [7, 11) is 0. The zero-order valence-electron chi connectivity index (χ0n) is 18.5. The lowest BCUT2D eigenvalue weighted by molar-refractivity contribution is -0.384. The summed E-state index contributed by atoms with van der Waals surface area (Å²) in [6, 6.07) is 17.2. The Morgan fingerprint density at radius 1 is 1.17 bits per heavy atom. The average molecular weight is 503 g/mol. The number of fused-ring (bicyclic) bond motifs is 2. The van der Waals surface area contributed by atoms with Gasteiger partial charge in [-0.2, -0.15) is 9.78 Å². The fourth-order valence-corrected chi connectivity index (χ4v) is 3.81. The van der Waals surface area contributed by atoms with Crippen LogP contribution in [-0.2, 0) is 4.79 Å². The van der Waals surface area contributed by atoms with Gasteiger partial charge in [0.2, 0.25) is 5.82 Å². The van der Waals surface area contributed by atoms with Gasteiger partial charge in [0.05, 0.1) is 22.0 Å². The number of furan rings is 1. The molecule has 0 fully saturated rings. The van der Waals surface area contributed by atoms with Crippen LogP contribution in [0.3, 0.4) is 0 Å². The molecule has 5 aromatic rings. The third kappa shape index (κ3) is 4.32.